The number of nitrogens with zero attached hydrogens (tertiary/aromatic N) is 1. The molecule has 3 rings (SSSR count). The summed E-state index contributed by atoms with van der Waals surface area (Å²) in [5, 5.41) is 3.40. The fourth-order valence-electron chi connectivity index (χ4n) is 3.37. The van der Waals surface area contributed by atoms with E-state index in [9.17, 15) is 13.2 Å². The van der Waals surface area contributed by atoms with Crippen LogP contribution in [0.5, 0.6) is 0 Å². The van der Waals surface area contributed by atoms with Crippen molar-refractivity contribution in [3.8, 4) is 0 Å². The van der Waals surface area contributed by atoms with Crippen LogP contribution >= 0.6 is 0 Å². The molecule has 0 aliphatic carbocycles. The average molecular weight is 284 g/mol. The maximum absolute atomic E-state index is 12.6. The SMILES string of the molecule is CC(c1ccc(C(F)(F)F)cc1)N1C[C@H]2CNC[C@H]2C1. The van der Waals surface area contributed by atoms with Crippen molar-refractivity contribution in [1.82, 2.24) is 10.2 Å². The van der Waals surface area contributed by atoms with Gasteiger partial charge in [0.1, 0.15) is 0 Å². The Labute approximate surface area is 117 Å². The quantitative estimate of drug-likeness (QED) is 0.898. The summed E-state index contributed by atoms with van der Waals surface area (Å²) in [6, 6.07) is 5.77. The van der Waals surface area contributed by atoms with E-state index in [2.05, 4.69) is 17.1 Å². The summed E-state index contributed by atoms with van der Waals surface area (Å²) in [6.07, 6.45) is -4.25. The van der Waals surface area contributed by atoms with Crippen LogP contribution < -0.4 is 5.32 Å². The molecule has 2 aliphatic heterocycles. The Morgan fingerprint density at radius 1 is 1.10 bits per heavy atom. The van der Waals surface area contributed by atoms with Gasteiger partial charge in [0.25, 0.3) is 0 Å². The summed E-state index contributed by atoms with van der Waals surface area (Å²) in [5.74, 6) is 1.40. The van der Waals surface area contributed by atoms with Crippen molar-refractivity contribution in [3.63, 3.8) is 0 Å². The van der Waals surface area contributed by atoms with Crippen LogP contribution in [0.25, 0.3) is 0 Å². The first-order valence-corrected chi connectivity index (χ1v) is 7.07. The molecule has 1 aromatic carbocycles. The molecule has 0 aromatic heterocycles. The molecule has 0 bridgehead atoms. The highest BCUT2D eigenvalue weighted by molar-refractivity contribution is 5.26. The highest BCUT2D eigenvalue weighted by Crippen LogP contribution is 2.34. The number of hydrogen-bond acceptors (Lipinski definition) is 2. The number of alkyl halides is 3. The van der Waals surface area contributed by atoms with Gasteiger partial charge < -0.3 is 5.32 Å². The highest BCUT2D eigenvalue weighted by Gasteiger charge is 2.38. The minimum Gasteiger partial charge on any atom is -0.316 e. The van der Waals surface area contributed by atoms with Crippen LogP contribution in [0, 0.1) is 11.8 Å². The number of fused-ring (bicyclic) bond motifs is 1. The lowest BCUT2D eigenvalue weighted by molar-refractivity contribution is -0.137. The largest absolute Gasteiger partial charge is 0.416 e. The maximum Gasteiger partial charge on any atom is 0.416 e. The van der Waals surface area contributed by atoms with E-state index in [1.807, 2.05) is 0 Å². The van der Waals surface area contributed by atoms with E-state index in [0.29, 0.717) is 11.8 Å². The lowest BCUT2D eigenvalue weighted by Gasteiger charge is -2.25. The molecule has 3 atom stereocenters. The third-order valence-corrected chi connectivity index (χ3v) is 4.69. The predicted molar refractivity (Wildman–Crippen MR) is 71.3 cm³/mol. The van der Waals surface area contributed by atoms with E-state index in [1.165, 1.54) is 12.1 Å². The Morgan fingerprint density at radius 3 is 2.15 bits per heavy atom. The van der Waals surface area contributed by atoms with Gasteiger partial charge in [0.05, 0.1) is 5.56 Å². The van der Waals surface area contributed by atoms with Crippen LogP contribution in [0.4, 0.5) is 13.2 Å². The van der Waals surface area contributed by atoms with Crippen molar-refractivity contribution >= 4 is 0 Å². The van der Waals surface area contributed by atoms with Crippen LogP contribution in [0.2, 0.25) is 0 Å². The third kappa shape index (κ3) is 2.56. The summed E-state index contributed by atoms with van der Waals surface area (Å²) in [7, 11) is 0. The molecule has 2 saturated heterocycles. The number of likely N-dealkylation sites (tertiary alicyclic amines) is 1. The van der Waals surface area contributed by atoms with Gasteiger partial charge in [-0.1, -0.05) is 12.1 Å². The topological polar surface area (TPSA) is 15.3 Å². The summed E-state index contributed by atoms with van der Waals surface area (Å²) >= 11 is 0. The third-order valence-electron chi connectivity index (χ3n) is 4.69. The minimum absolute atomic E-state index is 0.183. The zero-order valence-electron chi connectivity index (χ0n) is 11.5. The summed E-state index contributed by atoms with van der Waals surface area (Å²) in [5.41, 5.74) is 0.391. The number of nitrogens with one attached hydrogen (secondary N) is 1. The van der Waals surface area contributed by atoms with E-state index in [4.69, 9.17) is 0 Å². The Hall–Kier alpha value is -1.07. The number of hydrogen-bond donors (Lipinski definition) is 1. The number of rotatable bonds is 2. The van der Waals surface area contributed by atoms with Gasteiger partial charge in [-0.25, -0.2) is 0 Å². The van der Waals surface area contributed by atoms with Crippen LogP contribution in [-0.2, 0) is 6.18 Å². The molecule has 20 heavy (non-hydrogen) atoms. The molecule has 2 fully saturated rings. The molecule has 1 N–H and O–H groups in total. The van der Waals surface area contributed by atoms with Gasteiger partial charge in [0.15, 0.2) is 0 Å². The molecule has 2 nitrogen and oxygen atoms in total. The first-order valence-electron chi connectivity index (χ1n) is 7.07. The van der Waals surface area contributed by atoms with Gasteiger partial charge in [-0.05, 0) is 49.5 Å². The van der Waals surface area contributed by atoms with E-state index >= 15 is 0 Å². The van der Waals surface area contributed by atoms with Crippen LogP contribution in [-0.4, -0.2) is 31.1 Å². The lowest BCUT2D eigenvalue weighted by atomic mass is 10.0. The van der Waals surface area contributed by atoms with E-state index in [0.717, 1.165) is 31.7 Å². The Kier molecular flexibility index (Phi) is 3.50. The first-order chi connectivity index (χ1) is 9.45. The molecule has 110 valence electrons. The molecular formula is C15H19F3N2. The molecule has 0 spiro atoms. The molecule has 2 aliphatic rings. The first kappa shape index (κ1) is 13.9. The predicted octanol–water partition coefficient (Wildman–Crippen LogP) is 2.92. The smallest absolute Gasteiger partial charge is 0.316 e. The maximum atomic E-state index is 12.6. The van der Waals surface area contributed by atoms with Gasteiger partial charge >= 0.3 is 6.18 Å². The molecule has 0 amide bonds. The Balaban J connectivity index is 1.70. The zero-order chi connectivity index (χ0) is 14.3. The average Bonchev–Trinajstić information content (AvgIpc) is 2.97. The fraction of sp³-hybridized carbons (Fsp3) is 0.600. The second-order valence-corrected chi connectivity index (χ2v) is 5.93. The minimum atomic E-state index is -4.25. The molecule has 1 aromatic rings. The fourth-order valence-corrected chi connectivity index (χ4v) is 3.37. The number of halogens is 3. The highest BCUT2D eigenvalue weighted by atomic mass is 19.4. The van der Waals surface area contributed by atoms with Crippen molar-refractivity contribution in [3.05, 3.63) is 35.4 Å². The van der Waals surface area contributed by atoms with E-state index < -0.39 is 11.7 Å². The molecule has 5 heteroatoms. The van der Waals surface area contributed by atoms with Crippen molar-refractivity contribution < 1.29 is 13.2 Å². The molecular weight excluding hydrogens is 265 g/mol. The normalized spacial score (nSPS) is 28.6. The second-order valence-electron chi connectivity index (χ2n) is 5.93. The van der Waals surface area contributed by atoms with Crippen LogP contribution in [0.15, 0.2) is 24.3 Å². The summed E-state index contributed by atoms with van der Waals surface area (Å²) in [6.45, 7) is 6.30. The van der Waals surface area contributed by atoms with E-state index in [1.54, 1.807) is 12.1 Å². The molecule has 0 saturated carbocycles. The van der Waals surface area contributed by atoms with Crippen LogP contribution in [0.1, 0.15) is 24.1 Å². The summed E-state index contributed by atoms with van der Waals surface area (Å²) < 4.78 is 37.7. The molecule has 1 unspecified atom stereocenters. The van der Waals surface area contributed by atoms with Crippen molar-refractivity contribution in [2.45, 2.75) is 19.1 Å². The van der Waals surface area contributed by atoms with Gasteiger partial charge in [-0.15, -0.1) is 0 Å². The van der Waals surface area contributed by atoms with Gasteiger partial charge in [-0.3, -0.25) is 4.90 Å². The number of benzene rings is 1. The van der Waals surface area contributed by atoms with Gasteiger partial charge in [0, 0.05) is 19.1 Å². The Bertz CT molecular complexity index is 457. The van der Waals surface area contributed by atoms with Gasteiger partial charge in [-0.2, -0.15) is 13.2 Å². The van der Waals surface area contributed by atoms with Gasteiger partial charge in [0.2, 0.25) is 0 Å². The van der Waals surface area contributed by atoms with Crippen molar-refractivity contribution in [2.24, 2.45) is 11.8 Å². The standard InChI is InChI=1S/C15H19F3N2/c1-10(20-8-12-6-19-7-13(12)9-20)11-2-4-14(5-3-11)15(16,17)18/h2-5,10,12-13,19H,6-9H2,1H3/t10?,12-,13+. The second kappa shape index (κ2) is 5.04. The Morgan fingerprint density at radius 2 is 1.65 bits per heavy atom. The van der Waals surface area contributed by atoms with Crippen molar-refractivity contribution in [1.29, 1.82) is 0 Å². The van der Waals surface area contributed by atoms with E-state index in [-0.39, 0.29) is 6.04 Å². The lowest BCUT2D eigenvalue weighted by Crippen LogP contribution is -2.28. The van der Waals surface area contributed by atoms with Crippen LogP contribution in [0.3, 0.4) is 0 Å². The molecule has 2 heterocycles. The zero-order valence-corrected chi connectivity index (χ0v) is 11.5. The summed E-state index contributed by atoms with van der Waals surface area (Å²) in [4.78, 5) is 2.39. The van der Waals surface area contributed by atoms with Crippen molar-refractivity contribution in [2.75, 3.05) is 26.2 Å². The molecule has 0 radical (unpaired) electrons. The monoisotopic (exact) mass is 284 g/mol.